The number of ether oxygens (including phenoxy) is 2. The Morgan fingerprint density at radius 3 is 2.62 bits per heavy atom. The van der Waals surface area contributed by atoms with Crippen molar-refractivity contribution in [1.82, 2.24) is 4.90 Å². The van der Waals surface area contributed by atoms with Gasteiger partial charge in [-0.3, -0.25) is 4.79 Å². The van der Waals surface area contributed by atoms with Crippen LogP contribution in [0.2, 0.25) is 0 Å². The lowest BCUT2D eigenvalue weighted by Gasteiger charge is -2.26. The first-order valence-electron chi connectivity index (χ1n) is 11.2. The number of allylic oxidation sites excluding steroid dienone is 3. The molecule has 0 unspecified atom stereocenters. The van der Waals surface area contributed by atoms with Gasteiger partial charge in [0.2, 0.25) is 0 Å². The van der Waals surface area contributed by atoms with Gasteiger partial charge in [-0.2, -0.15) is 0 Å². The van der Waals surface area contributed by atoms with E-state index in [9.17, 15) is 9.59 Å². The second kappa shape index (κ2) is 12.2. The van der Waals surface area contributed by atoms with Crippen molar-refractivity contribution in [3.63, 3.8) is 0 Å². The van der Waals surface area contributed by atoms with Gasteiger partial charge in [-0.25, -0.2) is 4.79 Å². The molecular weight excluding hydrogens is 408 g/mol. The molecule has 0 radical (unpaired) electrons. The Kier molecular flexibility index (Phi) is 9.04. The second-order valence-corrected chi connectivity index (χ2v) is 8.02. The summed E-state index contributed by atoms with van der Waals surface area (Å²) in [6, 6.07) is 3.96. The van der Waals surface area contributed by atoms with Gasteiger partial charge in [-0.15, -0.1) is 0 Å². The van der Waals surface area contributed by atoms with Gasteiger partial charge in [0.05, 0.1) is 31.1 Å². The molecule has 1 aromatic rings. The van der Waals surface area contributed by atoms with Crippen LogP contribution in [0.5, 0.6) is 0 Å². The van der Waals surface area contributed by atoms with Crippen LogP contribution in [0, 0.1) is 13.8 Å². The van der Waals surface area contributed by atoms with Gasteiger partial charge in [0.1, 0.15) is 0 Å². The summed E-state index contributed by atoms with van der Waals surface area (Å²) in [5, 5.41) is 4.25. The molecule has 0 N–H and O–H groups in total. The lowest BCUT2D eigenvalue weighted by molar-refractivity contribution is -0.140. The van der Waals surface area contributed by atoms with Gasteiger partial charge in [0, 0.05) is 19.5 Å². The van der Waals surface area contributed by atoms with Gasteiger partial charge in [-0.1, -0.05) is 41.1 Å². The van der Waals surface area contributed by atoms with E-state index >= 15 is 0 Å². The third-order valence-corrected chi connectivity index (χ3v) is 5.37. The first kappa shape index (κ1) is 23.7. The van der Waals surface area contributed by atoms with E-state index in [1.165, 1.54) is 0 Å². The molecule has 2 heterocycles. The van der Waals surface area contributed by atoms with E-state index in [-0.39, 0.29) is 18.5 Å². The molecule has 2 aliphatic heterocycles. The van der Waals surface area contributed by atoms with Crippen molar-refractivity contribution >= 4 is 17.6 Å². The predicted molar refractivity (Wildman–Crippen MR) is 123 cm³/mol. The molecule has 3 rings (SSSR count). The Balaban J connectivity index is 1.80. The summed E-state index contributed by atoms with van der Waals surface area (Å²) in [5.41, 5.74) is 4.00. The fourth-order valence-electron chi connectivity index (χ4n) is 3.82. The third-order valence-electron chi connectivity index (χ3n) is 5.37. The largest absolute Gasteiger partial charge is 0.462 e. The van der Waals surface area contributed by atoms with E-state index in [4.69, 9.17) is 14.3 Å². The van der Waals surface area contributed by atoms with Crippen LogP contribution in [-0.4, -0.2) is 62.0 Å². The molecule has 0 spiro atoms. The van der Waals surface area contributed by atoms with Crippen molar-refractivity contribution in [3.8, 4) is 0 Å². The number of rotatable bonds is 3. The molecular formula is C25H32N2O5. The number of amides is 1. The van der Waals surface area contributed by atoms with Gasteiger partial charge >= 0.3 is 5.97 Å². The Morgan fingerprint density at radius 2 is 1.81 bits per heavy atom. The van der Waals surface area contributed by atoms with Crippen molar-refractivity contribution in [3.05, 3.63) is 58.7 Å². The minimum atomic E-state index is -0.324. The topological polar surface area (TPSA) is 77.4 Å². The average Bonchev–Trinajstić information content (AvgIpc) is 2.77. The molecule has 2 aliphatic rings. The van der Waals surface area contributed by atoms with Crippen LogP contribution >= 0.6 is 0 Å². The molecule has 7 nitrogen and oxygen atoms in total. The van der Waals surface area contributed by atoms with Crippen LogP contribution in [0.1, 0.15) is 46.3 Å². The summed E-state index contributed by atoms with van der Waals surface area (Å²) in [7, 11) is 0. The Morgan fingerprint density at radius 1 is 1.06 bits per heavy atom. The van der Waals surface area contributed by atoms with E-state index in [2.05, 4.69) is 11.2 Å². The summed E-state index contributed by atoms with van der Waals surface area (Å²) in [5.74, 6) is -0.432. The molecule has 7 heteroatoms. The smallest absolute Gasteiger partial charge is 0.338 e. The predicted octanol–water partition coefficient (Wildman–Crippen LogP) is 3.53. The van der Waals surface area contributed by atoms with Gasteiger partial charge < -0.3 is 19.2 Å². The Bertz CT molecular complexity index is 898. The highest BCUT2D eigenvalue weighted by Crippen LogP contribution is 2.20. The number of fused-ring (bicyclic) bond motifs is 1. The zero-order chi connectivity index (χ0) is 22.8. The van der Waals surface area contributed by atoms with Crippen molar-refractivity contribution in [1.29, 1.82) is 0 Å². The van der Waals surface area contributed by atoms with E-state index in [1.807, 2.05) is 44.2 Å². The molecule has 32 heavy (non-hydrogen) atoms. The first-order chi connectivity index (χ1) is 15.5. The normalized spacial score (nSPS) is 21.2. The van der Waals surface area contributed by atoms with E-state index < -0.39 is 0 Å². The molecule has 172 valence electrons. The number of nitrogens with zero attached hydrogens (tertiary/aromatic N) is 2. The molecule has 1 amide bonds. The van der Waals surface area contributed by atoms with Gasteiger partial charge in [0.15, 0.2) is 6.61 Å². The fraction of sp³-hybridized carbons (Fsp3) is 0.480. The maximum atomic E-state index is 12.8. The molecule has 0 saturated carbocycles. The Labute approximate surface area is 189 Å². The molecule has 1 saturated heterocycles. The van der Waals surface area contributed by atoms with Gasteiger partial charge in [-0.05, 0) is 50.3 Å². The summed E-state index contributed by atoms with van der Waals surface area (Å²) < 4.78 is 10.8. The van der Waals surface area contributed by atoms with E-state index in [1.54, 1.807) is 4.90 Å². The highest BCUT2D eigenvalue weighted by molar-refractivity contribution is 6.00. The first-order valence-corrected chi connectivity index (χ1v) is 11.2. The number of carbonyl (C=O) groups excluding carboxylic acids is 2. The highest BCUT2D eigenvalue weighted by Gasteiger charge is 2.19. The molecule has 0 bridgehead atoms. The zero-order valence-corrected chi connectivity index (χ0v) is 19.0. The second-order valence-electron chi connectivity index (χ2n) is 8.02. The number of morpholine rings is 1. The third kappa shape index (κ3) is 7.05. The standard InChI is InChI=1S/C25H32N2O5/c1-19-15-20(2)24-21(16-19)17-22(9-7-5-3-4-6-8-12-31-25(24)29)26-32-18-23(28)27-10-13-30-14-11-27/h4,6-7,9,15-16H,3,5,8,10-14,17-18H2,1-2H3/b6-4+,9-7+,26-22-. The van der Waals surface area contributed by atoms with Crippen molar-refractivity contribution in [2.75, 3.05) is 39.5 Å². The number of esters is 1. The minimum absolute atomic E-state index is 0.108. The van der Waals surface area contributed by atoms with E-state index in [0.717, 1.165) is 29.5 Å². The molecule has 0 aromatic heterocycles. The van der Waals surface area contributed by atoms with Gasteiger partial charge in [0.25, 0.3) is 5.91 Å². The maximum absolute atomic E-state index is 12.8. The van der Waals surface area contributed by atoms with Crippen LogP contribution < -0.4 is 0 Å². The summed E-state index contributed by atoms with van der Waals surface area (Å²) in [4.78, 5) is 32.3. The number of carbonyl (C=O) groups is 2. The monoisotopic (exact) mass is 440 g/mol. The molecule has 1 fully saturated rings. The number of hydrogen-bond donors (Lipinski definition) is 0. The number of benzene rings is 1. The SMILES string of the molecule is Cc1cc(C)c2c(c1)CC(=N\OCC(=O)N1CCOCC1)/C=C/CC/C=C/CCOC2=O. The quantitative estimate of drug-likeness (QED) is 0.408. The van der Waals surface area contributed by atoms with Crippen LogP contribution in [0.15, 0.2) is 41.6 Å². The average molecular weight is 441 g/mol. The van der Waals surface area contributed by atoms with Crippen molar-refractivity contribution in [2.45, 2.75) is 39.5 Å². The lowest BCUT2D eigenvalue weighted by Crippen LogP contribution is -2.42. The van der Waals surface area contributed by atoms with Crippen LogP contribution in [0.3, 0.4) is 0 Å². The van der Waals surface area contributed by atoms with E-state index in [0.29, 0.717) is 57.0 Å². The molecule has 0 atom stereocenters. The summed E-state index contributed by atoms with van der Waals surface area (Å²) in [6.45, 7) is 6.37. The molecule has 1 aromatic carbocycles. The fourth-order valence-corrected chi connectivity index (χ4v) is 3.82. The number of cyclic esters (lactones) is 1. The summed E-state index contributed by atoms with van der Waals surface area (Å²) in [6.07, 6.45) is 10.9. The van der Waals surface area contributed by atoms with Crippen LogP contribution in [0.25, 0.3) is 0 Å². The van der Waals surface area contributed by atoms with Crippen LogP contribution in [-0.2, 0) is 25.5 Å². The summed E-state index contributed by atoms with van der Waals surface area (Å²) >= 11 is 0. The Hall–Kier alpha value is -2.93. The highest BCUT2D eigenvalue weighted by atomic mass is 16.6. The van der Waals surface area contributed by atoms with Crippen molar-refractivity contribution in [2.24, 2.45) is 5.16 Å². The van der Waals surface area contributed by atoms with Crippen molar-refractivity contribution < 1.29 is 23.9 Å². The maximum Gasteiger partial charge on any atom is 0.338 e. The van der Waals surface area contributed by atoms with Crippen LogP contribution in [0.4, 0.5) is 0 Å². The number of aryl methyl sites for hydroxylation is 2. The lowest BCUT2D eigenvalue weighted by atomic mass is 9.95. The molecule has 0 aliphatic carbocycles. The number of hydrogen-bond acceptors (Lipinski definition) is 6. The zero-order valence-electron chi connectivity index (χ0n) is 19.0. The minimum Gasteiger partial charge on any atom is -0.462 e. The number of oxime groups is 1.